The van der Waals surface area contributed by atoms with E-state index in [9.17, 15) is 9.18 Å². The highest BCUT2D eigenvalue weighted by Crippen LogP contribution is 2.59. The lowest BCUT2D eigenvalue weighted by Crippen LogP contribution is -2.35. The monoisotopic (exact) mass is 1000 g/mol. The summed E-state index contributed by atoms with van der Waals surface area (Å²) in [6.07, 6.45) is 18.9. The molecule has 1 amide bonds. The number of carbonyl (C=O) groups excluding carboxylic acids is 1. The van der Waals surface area contributed by atoms with Gasteiger partial charge in [-0.25, -0.2) is 4.39 Å². The van der Waals surface area contributed by atoms with Gasteiger partial charge >= 0.3 is 0 Å². The molecule has 4 nitrogen and oxygen atoms in total. The van der Waals surface area contributed by atoms with Gasteiger partial charge in [0.2, 0.25) is 0 Å². The van der Waals surface area contributed by atoms with E-state index >= 15 is 0 Å². The molecule has 76 heavy (non-hydrogen) atoms. The van der Waals surface area contributed by atoms with Crippen molar-refractivity contribution >= 4 is 34.1 Å². The highest BCUT2D eigenvalue weighted by Gasteiger charge is 2.44. The summed E-state index contributed by atoms with van der Waals surface area (Å²) in [7, 11) is 0. The van der Waals surface area contributed by atoms with Crippen molar-refractivity contribution in [3.63, 3.8) is 0 Å². The molecule has 0 bridgehead atoms. The van der Waals surface area contributed by atoms with E-state index in [-0.39, 0.29) is 17.1 Å². The first kappa shape index (κ1) is 49.6. The number of rotatable bonds is 12. The minimum absolute atomic E-state index is 0.137. The van der Waals surface area contributed by atoms with E-state index in [0.29, 0.717) is 11.5 Å². The number of ether oxygens (including phenoxy) is 1. The molecular weight excluding hydrogens is 932 g/mol. The SMILES string of the molecule is CCCCCC1CCC(c2ccc(-c3ccc(C(=O)Nc4ccc(-c5cc6c7c(c8c(c6cc5C)OC(c5ccc(F)cc5)(c5ccc(N6CCCCC6)cc5)C=C8)C(C)(C)c5cc(C)ccc5-7)cc4)cc3)cc2)CC1. The zero-order valence-corrected chi connectivity index (χ0v) is 45.1. The molecule has 1 saturated heterocycles. The second-order valence-electron chi connectivity index (χ2n) is 23.1. The summed E-state index contributed by atoms with van der Waals surface area (Å²) in [6.45, 7) is 13.5. The van der Waals surface area contributed by atoms with E-state index in [0.717, 1.165) is 80.2 Å². The molecule has 8 aromatic carbocycles. The molecular formula is C71H71FN2O2. The molecule has 1 saturated carbocycles. The fourth-order valence-electron chi connectivity index (χ4n) is 13.5. The lowest BCUT2D eigenvalue weighted by molar-refractivity contribution is 0.102. The molecule has 2 heterocycles. The quantitative estimate of drug-likeness (QED) is 0.124. The topological polar surface area (TPSA) is 41.6 Å². The first-order valence-electron chi connectivity index (χ1n) is 28.4. The van der Waals surface area contributed by atoms with Gasteiger partial charge in [0, 0.05) is 57.5 Å². The number of halogens is 1. The van der Waals surface area contributed by atoms with Crippen LogP contribution in [-0.4, -0.2) is 19.0 Å². The normalized spacial score (nSPS) is 19.4. The first-order chi connectivity index (χ1) is 37.0. The van der Waals surface area contributed by atoms with Crippen molar-refractivity contribution in [3.05, 3.63) is 214 Å². The molecule has 1 N–H and O–H groups in total. The van der Waals surface area contributed by atoms with Gasteiger partial charge in [-0.1, -0.05) is 149 Å². The third-order valence-corrected chi connectivity index (χ3v) is 17.8. The zero-order valence-electron chi connectivity index (χ0n) is 45.1. The summed E-state index contributed by atoms with van der Waals surface area (Å²) in [6, 6.07) is 52.6. The molecule has 2 aliphatic heterocycles. The van der Waals surface area contributed by atoms with Crippen LogP contribution in [0.3, 0.4) is 0 Å². The second kappa shape index (κ2) is 20.4. The molecule has 0 radical (unpaired) electrons. The summed E-state index contributed by atoms with van der Waals surface area (Å²) in [5, 5.41) is 5.33. The number of carbonyl (C=O) groups is 1. The Balaban J connectivity index is 0.835. The number of nitrogens with one attached hydrogen (secondary N) is 1. The number of unbranched alkanes of at least 4 members (excludes halogenated alkanes) is 2. The van der Waals surface area contributed by atoms with Crippen molar-refractivity contribution in [2.24, 2.45) is 5.92 Å². The number of aryl methyl sites for hydroxylation is 2. The van der Waals surface area contributed by atoms with Crippen molar-refractivity contribution in [1.82, 2.24) is 0 Å². The second-order valence-corrected chi connectivity index (χ2v) is 23.1. The van der Waals surface area contributed by atoms with Gasteiger partial charge in [-0.2, -0.15) is 0 Å². The van der Waals surface area contributed by atoms with Crippen LogP contribution in [0.25, 0.3) is 50.2 Å². The molecule has 384 valence electrons. The summed E-state index contributed by atoms with van der Waals surface area (Å²) >= 11 is 0. The van der Waals surface area contributed by atoms with Crippen LogP contribution in [0, 0.1) is 25.6 Å². The van der Waals surface area contributed by atoms with Crippen LogP contribution in [0.1, 0.15) is 152 Å². The van der Waals surface area contributed by atoms with Gasteiger partial charge < -0.3 is 15.0 Å². The fourth-order valence-corrected chi connectivity index (χ4v) is 13.5. The molecule has 5 heteroatoms. The van der Waals surface area contributed by atoms with Gasteiger partial charge in [-0.05, 0) is 198 Å². The Kier molecular flexibility index (Phi) is 13.3. The minimum atomic E-state index is -1.01. The summed E-state index contributed by atoms with van der Waals surface area (Å²) in [5.41, 5.74) is 17.5. The molecule has 0 spiro atoms. The number of piperidine rings is 1. The third-order valence-electron chi connectivity index (χ3n) is 17.8. The Morgan fingerprint density at radius 1 is 0.684 bits per heavy atom. The maximum Gasteiger partial charge on any atom is 0.255 e. The average molecular weight is 1000 g/mol. The number of hydrogen-bond acceptors (Lipinski definition) is 3. The number of hydrogen-bond donors (Lipinski definition) is 1. The van der Waals surface area contributed by atoms with Crippen LogP contribution >= 0.6 is 0 Å². The molecule has 1 unspecified atom stereocenters. The average Bonchev–Trinajstić information content (AvgIpc) is 3.72. The first-order valence-corrected chi connectivity index (χ1v) is 28.4. The number of fused-ring (bicyclic) bond motifs is 8. The fraction of sp³-hybridized carbons (Fsp3) is 0.310. The van der Waals surface area contributed by atoms with Gasteiger partial charge in [0.25, 0.3) is 5.91 Å². The Bertz CT molecular complexity index is 3470. The molecule has 4 aliphatic rings. The number of nitrogens with zero attached hydrogens (tertiary/aromatic N) is 1. The Labute approximate surface area is 450 Å². The Morgan fingerprint density at radius 3 is 2.03 bits per heavy atom. The van der Waals surface area contributed by atoms with Crippen LogP contribution < -0.4 is 15.0 Å². The van der Waals surface area contributed by atoms with Crippen LogP contribution in [0.2, 0.25) is 0 Å². The summed E-state index contributed by atoms with van der Waals surface area (Å²) in [5.74, 6) is 1.99. The summed E-state index contributed by atoms with van der Waals surface area (Å²) < 4.78 is 22.4. The minimum Gasteiger partial charge on any atom is -0.472 e. The summed E-state index contributed by atoms with van der Waals surface area (Å²) in [4.78, 5) is 16.2. The van der Waals surface area contributed by atoms with E-state index in [1.165, 1.54) is 115 Å². The van der Waals surface area contributed by atoms with Gasteiger partial charge in [0.15, 0.2) is 5.60 Å². The highest BCUT2D eigenvalue weighted by molar-refractivity contribution is 6.10. The maximum atomic E-state index is 14.7. The predicted octanol–water partition coefficient (Wildman–Crippen LogP) is 18.7. The van der Waals surface area contributed by atoms with Crippen molar-refractivity contribution in [1.29, 1.82) is 0 Å². The number of benzene rings is 8. The van der Waals surface area contributed by atoms with Crippen LogP contribution in [0.15, 0.2) is 158 Å². The van der Waals surface area contributed by atoms with Crippen LogP contribution in [-0.2, 0) is 11.0 Å². The van der Waals surface area contributed by atoms with Crippen molar-refractivity contribution < 1.29 is 13.9 Å². The standard InChI is InChI=1S/C71H71FN2O2/c1-6-7-9-12-48-14-16-49(17-15-48)50-18-20-51(21-19-50)52-22-24-54(25-23-52)69(75)73-58-34-26-53(27-35-58)62-45-63-64(44-47(62)3)68-61(67-66(63)60-38-13-46(2)43-65(60)70(67,4)5)39-40-71(76-68,55-28-32-57(72)33-29-55)56-30-36-59(37-31-56)74-41-10-8-11-42-74/h13,18-40,43-45,48-49H,6-12,14-17,41-42H2,1-5H3,(H,73,75). The Morgan fingerprint density at radius 2 is 1.34 bits per heavy atom. The lowest BCUT2D eigenvalue weighted by atomic mass is 9.76. The van der Waals surface area contributed by atoms with Gasteiger partial charge in [0.1, 0.15) is 11.6 Å². The molecule has 2 fully saturated rings. The number of amides is 1. The lowest BCUT2D eigenvalue weighted by Gasteiger charge is -2.39. The largest absolute Gasteiger partial charge is 0.472 e. The highest BCUT2D eigenvalue weighted by atomic mass is 19.1. The van der Waals surface area contributed by atoms with Gasteiger partial charge in [-0.3, -0.25) is 4.79 Å². The smallest absolute Gasteiger partial charge is 0.255 e. The number of anilines is 2. The van der Waals surface area contributed by atoms with E-state index in [4.69, 9.17) is 4.74 Å². The van der Waals surface area contributed by atoms with E-state index in [2.05, 4.69) is 160 Å². The third kappa shape index (κ3) is 9.14. The van der Waals surface area contributed by atoms with Crippen molar-refractivity contribution in [2.75, 3.05) is 23.3 Å². The van der Waals surface area contributed by atoms with Gasteiger partial charge in [-0.15, -0.1) is 0 Å². The molecule has 1 atom stereocenters. The molecule has 12 rings (SSSR count). The van der Waals surface area contributed by atoms with Crippen molar-refractivity contribution in [2.45, 2.75) is 122 Å². The zero-order chi connectivity index (χ0) is 52.1. The van der Waals surface area contributed by atoms with Gasteiger partial charge in [0.05, 0.1) is 0 Å². The maximum absolute atomic E-state index is 14.7. The Hall–Kier alpha value is -7.24. The van der Waals surface area contributed by atoms with E-state index < -0.39 is 5.60 Å². The van der Waals surface area contributed by atoms with E-state index in [1.807, 2.05) is 36.4 Å². The molecule has 8 aromatic rings. The van der Waals surface area contributed by atoms with E-state index in [1.54, 1.807) is 12.1 Å². The van der Waals surface area contributed by atoms with Crippen LogP contribution in [0.5, 0.6) is 5.75 Å². The van der Waals surface area contributed by atoms with Crippen molar-refractivity contribution in [3.8, 4) is 39.1 Å². The predicted molar refractivity (Wildman–Crippen MR) is 314 cm³/mol. The van der Waals surface area contributed by atoms with Crippen LogP contribution in [0.4, 0.5) is 15.8 Å². The molecule has 2 aliphatic carbocycles. The molecule has 0 aromatic heterocycles.